The van der Waals surface area contributed by atoms with E-state index >= 15 is 0 Å². The molecule has 1 amide bonds. The number of carbonyl (C=O) groups is 1. The van der Waals surface area contributed by atoms with Crippen LogP contribution in [-0.4, -0.2) is 30.8 Å². The monoisotopic (exact) mass is 407 g/mol. The van der Waals surface area contributed by atoms with Gasteiger partial charge in [-0.3, -0.25) is 19.9 Å². The molecule has 4 aromatic rings. The van der Waals surface area contributed by atoms with E-state index in [-0.39, 0.29) is 16.4 Å². The molecule has 8 nitrogen and oxygen atoms in total. The number of nitrogens with one attached hydrogen (secondary N) is 1. The molecule has 0 aliphatic heterocycles. The van der Waals surface area contributed by atoms with Gasteiger partial charge in [-0.1, -0.05) is 29.5 Å². The van der Waals surface area contributed by atoms with Crippen molar-refractivity contribution < 1.29 is 9.90 Å². The smallest absolute Gasteiger partial charge is 0.267 e. The van der Waals surface area contributed by atoms with Gasteiger partial charge in [0, 0.05) is 18.1 Å². The molecule has 4 rings (SSSR count). The summed E-state index contributed by atoms with van der Waals surface area (Å²) in [5.74, 6) is -1.09. The molecule has 0 spiro atoms. The van der Waals surface area contributed by atoms with E-state index in [2.05, 4.69) is 20.5 Å². The summed E-state index contributed by atoms with van der Waals surface area (Å²) in [5.41, 5.74) is 1.33. The highest BCUT2D eigenvalue weighted by atomic mass is 32.1. The number of aromatic hydroxyl groups is 1. The van der Waals surface area contributed by atoms with Gasteiger partial charge in [-0.2, -0.15) is 0 Å². The molecule has 0 radical (unpaired) electrons. The van der Waals surface area contributed by atoms with Gasteiger partial charge in [0.1, 0.15) is 17.0 Å². The van der Waals surface area contributed by atoms with Crippen LogP contribution in [0.15, 0.2) is 47.4 Å². The Labute approximate surface area is 169 Å². The minimum absolute atomic E-state index is 0.211. The van der Waals surface area contributed by atoms with Crippen LogP contribution in [-0.2, 0) is 6.54 Å². The third-order valence-corrected chi connectivity index (χ3v) is 5.33. The van der Waals surface area contributed by atoms with Crippen molar-refractivity contribution in [3.63, 3.8) is 0 Å². The fraction of sp³-hybridized carbons (Fsp3) is 0.150. The van der Waals surface area contributed by atoms with Crippen LogP contribution in [0.4, 0.5) is 5.13 Å². The van der Waals surface area contributed by atoms with Crippen LogP contribution in [0, 0.1) is 6.92 Å². The van der Waals surface area contributed by atoms with E-state index in [1.54, 1.807) is 37.4 Å². The molecule has 0 fully saturated rings. The molecular weight excluding hydrogens is 390 g/mol. The molecule has 9 heteroatoms. The van der Waals surface area contributed by atoms with Crippen molar-refractivity contribution in [2.75, 3.05) is 5.32 Å². The van der Waals surface area contributed by atoms with Crippen molar-refractivity contribution in [3.8, 4) is 16.5 Å². The van der Waals surface area contributed by atoms with Gasteiger partial charge < -0.3 is 9.67 Å². The lowest BCUT2D eigenvalue weighted by molar-refractivity contribution is 0.102. The summed E-state index contributed by atoms with van der Waals surface area (Å²) in [7, 11) is 0. The van der Waals surface area contributed by atoms with Gasteiger partial charge in [-0.05, 0) is 37.6 Å². The van der Waals surface area contributed by atoms with Crippen molar-refractivity contribution in [3.05, 3.63) is 64.1 Å². The lowest BCUT2D eigenvalue weighted by Gasteiger charge is -2.12. The minimum atomic E-state index is -0.736. The van der Waals surface area contributed by atoms with E-state index < -0.39 is 11.5 Å². The Morgan fingerprint density at radius 3 is 2.72 bits per heavy atom. The highest BCUT2D eigenvalue weighted by Gasteiger charge is 2.23. The summed E-state index contributed by atoms with van der Waals surface area (Å²) in [6.45, 7) is 4.10. The summed E-state index contributed by atoms with van der Waals surface area (Å²) < 4.78 is 1.45. The van der Waals surface area contributed by atoms with Crippen LogP contribution in [0.5, 0.6) is 5.75 Å². The third-order valence-electron chi connectivity index (χ3n) is 4.47. The summed E-state index contributed by atoms with van der Waals surface area (Å²) in [4.78, 5) is 29.9. The quantitative estimate of drug-likeness (QED) is 0.538. The maximum absolute atomic E-state index is 12.8. The SMILES string of the molecule is CCn1c(=O)c(C(=O)Nc2nnc(-c3ccc(C)cn3)s2)c(O)c2ccccc21. The molecular formula is C20H17N5O3S. The number of hydrogen-bond acceptors (Lipinski definition) is 7. The zero-order valence-corrected chi connectivity index (χ0v) is 16.5. The number of carbonyl (C=O) groups excluding carboxylic acids is 1. The zero-order valence-electron chi connectivity index (χ0n) is 15.7. The highest BCUT2D eigenvalue weighted by Crippen LogP contribution is 2.28. The number of fused-ring (bicyclic) bond motifs is 1. The van der Waals surface area contributed by atoms with E-state index in [0.717, 1.165) is 16.9 Å². The molecule has 0 unspecified atom stereocenters. The van der Waals surface area contributed by atoms with Crippen molar-refractivity contribution in [2.24, 2.45) is 0 Å². The van der Waals surface area contributed by atoms with Crippen LogP contribution in [0.3, 0.4) is 0 Å². The number of benzene rings is 1. The second-order valence-corrected chi connectivity index (χ2v) is 7.35. The Morgan fingerprint density at radius 2 is 2.00 bits per heavy atom. The fourth-order valence-electron chi connectivity index (χ4n) is 3.04. The predicted molar refractivity (Wildman–Crippen MR) is 111 cm³/mol. The number of anilines is 1. The second-order valence-electron chi connectivity index (χ2n) is 6.38. The Morgan fingerprint density at radius 1 is 1.21 bits per heavy atom. The number of amides is 1. The average molecular weight is 407 g/mol. The number of pyridine rings is 2. The molecule has 0 aliphatic carbocycles. The van der Waals surface area contributed by atoms with Crippen molar-refractivity contribution >= 4 is 33.3 Å². The first-order valence-electron chi connectivity index (χ1n) is 8.92. The molecule has 3 aromatic heterocycles. The van der Waals surface area contributed by atoms with Crippen LogP contribution in [0.1, 0.15) is 22.8 Å². The number of rotatable bonds is 4. The molecule has 0 saturated carbocycles. The van der Waals surface area contributed by atoms with Gasteiger partial charge in [-0.15, -0.1) is 10.2 Å². The molecule has 0 aliphatic rings. The number of aromatic nitrogens is 4. The van der Waals surface area contributed by atoms with E-state index in [1.165, 1.54) is 4.57 Å². The predicted octanol–water partition coefficient (Wildman–Crippen LogP) is 3.20. The Bertz CT molecular complexity index is 1280. The lowest BCUT2D eigenvalue weighted by atomic mass is 10.1. The molecule has 3 heterocycles. The summed E-state index contributed by atoms with van der Waals surface area (Å²) in [6, 6.07) is 10.6. The van der Waals surface area contributed by atoms with Crippen molar-refractivity contribution in [2.45, 2.75) is 20.4 Å². The van der Waals surface area contributed by atoms with Gasteiger partial charge in [0.25, 0.3) is 11.5 Å². The van der Waals surface area contributed by atoms with Gasteiger partial charge in [0.2, 0.25) is 5.13 Å². The molecule has 146 valence electrons. The highest BCUT2D eigenvalue weighted by molar-refractivity contribution is 7.18. The maximum atomic E-state index is 12.8. The molecule has 0 bridgehead atoms. The Kier molecular flexibility index (Phi) is 4.81. The summed E-state index contributed by atoms with van der Waals surface area (Å²) in [5, 5.41) is 22.3. The van der Waals surface area contributed by atoms with Gasteiger partial charge in [-0.25, -0.2) is 0 Å². The molecule has 2 N–H and O–H groups in total. The van der Waals surface area contributed by atoms with Crippen molar-refractivity contribution in [1.82, 2.24) is 19.7 Å². The first-order chi connectivity index (χ1) is 14.0. The maximum Gasteiger partial charge on any atom is 0.267 e. The van der Waals surface area contributed by atoms with Gasteiger partial charge in [0.05, 0.1) is 5.52 Å². The lowest BCUT2D eigenvalue weighted by Crippen LogP contribution is -2.29. The van der Waals surface area contributed by atoms with E-state index in [0.29, 0.717) is 28.1 Å². The topological polar surface area (TPSA) is 110 Å². The van der Waals surface area contributed by atoms with E-state index in [1.807, 2.05) is 19.1 Å². The van der Waals surface area contributed by atoms with Gasteiger partial charge >= 0.3 is 0 Å². The number of para-hydroxylation sites is 1. The van der Waals surface area contributed by atoms with E-state index in [4.69, 9.17) is 0 Å². The van der Waals surface area contributed by atoms with Crippen LogP contribution in [0.2, 0.25) is 0 Å². The molecule has 0 saturated heterocycles. The standard InChI is InChI=1S/C20H17N5O3S/c1-3-25-14-7-5-4-6-12(14)16(26)15(19(25)28)17(27)22-20-24-23-18(29-20)13-9-8-11(2)10-21-13/h4-10,26H,3H2,1-2H3,(H,22,24,27). The van der Waals surface area contributed by atoms with Crippen molar-refractivity contribution in [1.29, 1.82) is 0 Å². The molecule has 29 heavy (non-hydrogen) atoms. The number of nitrogens with zero attached hydrogens (tertiary/aromatic N) is 4. The summed E-state index contributed by atoms with van der Waals surface area (Å²) in [6.07, 6.45) is 1.72. The Hall–Kier alpha value is -3.59. The van der Waals surface area contributed by atoms with Gasteiger partial charge in [0.15, 0.2) is 5.01 Å². The second kappa shape index (κ2) is 7.44. The van der Waals surface area contributed by atoms with Crippen LogP contribution < -0.4 is 10.9 Å². The summed E-state index contributed by atoms with van der Waals surface area (Å²) >= 11 is 1.13. The molecule has 1 aromatic carbocycles. The average Bonchev–Trinajstić information content (AvgIpc) is 3.17. The van der Waals surface area contributed by atoms with Crippen LogP contribution >= 0.6 is 11.3 Å². The first-order valence-corrected chi connectivity index (χ1v) is 9.73. The Balaban J connectivity index is 1.70. The number of aryl methyl sites for hydroxylation is 2. The minimum Gasteiger partial charge on any atom is -0.506 e. The largest absolute Gasteiger partial charge is 0.506 e. The van der Waals surface area contributed by atoms with Crippen LogP contribution in [0.25, 0.3) is 21.6 Å². The third kappa shape index (κ3) is 3.36. The number of hydrogen-bond donors (Lipinski definition) is 2. The fourth-order valence-corrected chi connectivity index (χ4v) is 3.75. The van der Waals surface area contributed by atoms with E-state index in [9.17, 15) is 14.7 Å². The zero-order chi connectivity index (χ0) is 20.5. The first kappa shape index (κ1) is 18.8. The normalized spacial score (nSPS) is 11.0. The molecule has 0 atom stereocenters.